The molecule has 0 aliphatic carbocycles. The number of nitrogens with zero attached hydrogens (tertiary/aromatic N) is 3. The first-order valence-electron chi connectivity index (χ1n) is 8.35. The van der Waals surface area contributed by atoms with E-state index in [1.807, 2.05) is 0 Å². The fourth-order valence-electron chi connectivity index (χ4n) is 3.21. The molecule has 0 saturated heterocycles. The van der Waals surface area contributed by atoms with Gasteiger partial charge in [-0.05, 0) is 61.7 Å². The molecule has 0 aliphatic rings. The summed E-state index contributed by atoms with van der Waals surface area (Å²) >= 11 is 0. The minimum Gasteiger partial charge on any atom is -0.378 e. The maximum absolute atomic E-state index is 2.26. The quantitative estimate of drug-likeness (QED) is 0.666. The third-order valence-electron chi connectivity index (χ3n) is 4.54. The molecule has 0 amide bonds. The van der Waals surface area contributed by atoms with Crippen molar-refractivity contribution in [1.82, 2.24) is 4.57 Å². The van der Waals surface area contributed by atoms with Gasteiger partial charge in [-0.15, -0.1) is 0 Å². The van der Waals surface area contributed by atoms with Gasteiger partial charge in [0.25, 0.3) is 0 Å². The summed E-state index contributed by atoms with van der Waals surface area (Å²) in [7, 11) is 4.12. The maximum Gasteiger partial charge on any atom is 0.249 e. The Morgan fingerprint density at radius 1 is 0.958 bits per heavy atom. The van der Waals surface area contributed by atoms with Crippen LogP contribution in [-0.4, -0.2) is 18.7 Å². The van der Waals surface area contributed by atoms with E-state index in [2.05, 4.69) is 104 Å². The second kappa shape index (κ2) is 6.52. The Bertz CT molecular complexity index is 819. The van der Waals surface area contributed by atoms with Crippen LogP contribution in [0.25, 0.3) is 5.69 Å². The van der Waals surface area contributed by atoms with Crippen molar-refractivity contribution >= 4 is 5.69 Å². The number of aromatic nitrogens is 2. The summed E-state index contributed by atoms with van der Waals surface area (Å²) in [5.41, 5.74) is 7.86. The van der Waals surface area contributed by atoms with Crippen LogP contribution >= 0.6 is 0 Å². The van der Waals surface area contributed by atoms with Gasteiger partial charge in [-0.25, -0.2) is 9.13 Å². The minimum absolute atomic E-state index is 0.904. The molecule has 3 heteroatoms. The van der Waals surface area contributed by atoms with Crippen molar-refractivity contribution < 1.29 is 4.57 Å². The molecule has 0 atom stereocenters. The van der Waals surface area contributed by atoms with Gasteiger partial charge in [0.2, 0.25) is 6.33 Å². The molecule has 0 unspecified atom stereocenters. The van der Waals surface area contributed by atoms with E-state index in [-0.39, 0.29) is 0 Å². The second-order valence-corrected chi connectivity index (χ2v) is 6.78. The molecule has 0 fully saturated rings. The minimum atomic E-state index is 0.904. The first-order valence-corrected chi connectivity index (χ1v) is 8.35. The number of rotatable bonds is 4. The van der Waals surface area contributed by atoms with Crippen molar-refractivity contribution in [3.8, 4) is 5.69 Å². The summed E-state index contributed by atoms with van der Waals surface area (Å²) in [6.45, 7) is 7.46. The van der Waals surface area contributed by atoms with Crippen LogP contribution in [0.3, 0.4) is 0 Å². The Morgan fingerprint density at radius 3 is 2.17 bits per heavy atom. The molecular weight excluding hydrogens is 294 g/mol. The molecule has 1 heterocycles. The summed E-state index contributed by atoms with van der Waals surface area (Å²) in [6.07, 6.45) is 6.41. The van der Waals surface area contributed by atoms with Crippen molar-refractivity contribution in [3.05, 3.63) is 77.4 Å². The molecular formula is C21H26N3+. The van der Waals surface area contributed by atoms with Gasteiger partial charge in [0.05, 0.1) is 0 Å². The maximum atomic E-state index is 2.26. The highest BCUT2D eigenvalue weighted by atomic mass is 15.1. The van der Waals surface area contributed by atoms with E-state index in [1.54, 1.807) is 0 Å². The lowest BCUT2D eigenvalue weighted by atomic mass is 10.00. The monoisotopic (exact) mass is 320 g/mol. The highest BCUT2D eigenvalue weighted by molar-refractivity contribution is 5.49. The predicted octanol–water partition coefficient (Wildman–Crippen LogP) is 3.80. The summed E-state index contributed by atoms with van der Waals surface area (Å²) in [5.74, 6) is 0. The van der Waals surface area contributed by atoms with E-state index in [4.69, 9.17) is 0 Å². The van der Waals surface area contributed by atoms with Crippen LogP contribution in [0.2, 0.25) is 0 Å². The van der Waals surface area contributed by atoms with Crippen LogP contribution in [0.4, 0.5) is 5.69 Å². The molecule has 124 valence electrons. The van der Waals surface area contributed by atoms with E-state index in [9.17, 15) is 0 Å². The first kappa shape index (κ1) is 16.3. The molecule has 0 radical (unpaired) electrons. The van der Waals surface area contributed by atoms with Crippen LogP contribution in [-0.2, 0) is 6.54 Å². The molecule has 3 aromatic rings. The highest BCUT2D eigenvalue weighted by Gasteiger charge is 2.11. The van der Waals surface area contributed by atoms with Gasteiger partial charge in [-0.3, -0.25) is 0 Å². The molecule has 0 N–H and O–H groups in total. The lowest BCUT2D eigenvalue weighted by Crippen LogP contribution is -2.32. The predicted molar refractivity (Wildman–Crippen MR) is 100 cm³/mol. The summed E-state index contributed by atoms with van der Waals surface area (Å²) < 4.78 is 4.41. The third-order valence-corrected chi connectivity index (χ3v) is 4.54. The number of aryl methyl sites for hydroxylation is 3. The van der Waals surface area contributed by atoms with Crippen LogP contribution in [0.1, 0.15) is 22.3 Å². The van der Waals surface area contributed by atoms with Crippen LogP contribution in [0.5, 0.6) is 0 Å². The zero-order valence-corrected chi connectivity index (χ0v) is 15.2. The lowest BCUT2D eigenvalue weighted by Gasteiger charge is -2.11. The topological polar surface area (TPSA) is 12.0 Å². The molecule has 3 nitrogen and oxygen atoms in total. The molecule has 0 bridgehead atoms. The van der Waals surface area contributed by atoms with Gasteiger partial charge in [0.15, 0.2) is 0 Å². The van der Waals surface area contributed by atoms with Gasteiger partial charge in [-0.1, -0.05) is 17.7 Å². The van der Waals surface area contributed by atoms with Crippen molar-refractivity contribution in [2.75, 3.05) is 19.0 Å². The van der Waals surface area contributed by atoms with E-state index < -0.39 is 0 Å². The Labute approximate surface area is 144 Å². The average Bonchev–Trinajstić information content (AvgIpc) is 2.99. The van der Waals surface area contributed by atoms with Crippen molar-refractivity contribution in [2.45, 2.75) is 27.3 Å². The fraction of sp³-hybridized carbons (Fsp3) is 0.286. The van der Waals surface area contributed by atoms with E-state index >= 15 is 0 Å². The van der Waals surface area contributed by atoms with Gasteiger partial charge in [0, 0.05) is 19.8 Å². The molecule has 3 rings (SSSR count). The van der Waals surface area contributed by atoms with Crippen molar-refractivity contribution in [2.24, 2.45) is 0 Å². The zero-order chi connectivity index (χ0) is 17.3. The number of hydrogen-bond acceptors (Lipinski definition) is 1. The van der Waals surface area contributed by atoms with Gasteiger partial charge in [0.1, 0.15) is 24.6 Å². The molecule has 0 spiro atoms. The first-order chi connectivity index (χ1) is 11.4. The zero-order valence-electron chi connectivity index (χ0n) is 15.2. The Kier molecular flexibility index (Phi) is 4.43. The van der Waals surface area contributed by atoms with Crippen LogP contribution in [0.15, 0.2) is 55.1 Å². The van der Waals surface area contributed by atoms with Crippen molar-refractivity contribution in [3.63, 3.8) is 0 Å². The summed E-state index contributed by atoms with van der Waals surface area (Å²) in [4.78, 5) is 2.11. The summed E-state index contributed by atoms with van der Waals surface area (Å²) in [5, 5.41) is 0. The molecule has 1 aromatic heterocycles. The van der Waals surface area contributed by atoms with Gasteiger partial charge in [-0.2, -0.15) is 0 Å². The Balaban J connectivity index is 1.83. The van der Waals surface area contributed by atoms with Gasteiger partial charge >= 0.3 is 0 Å². The third kappa shape index (κ3) is 3.35. The highest BCUT2D eigenvalue weighted by Crippen LogP contribution is 2.17. The Morgan fingerprint density at radius 2 is 1.58 bits per heavy atom. The van der Waals surface area contributed by atoms with Crippen molar-refractivity contribution in [1.29, 1.82) is 0 Å². The molecule has 0 saturated carbocycles. The summed E-state index contributed by atoms with van der Waals surface area (Å²) in [6, 6.07) is 13.1. The molecule has 24 heavy (non-hydrogen) atoms. The number of hydrogen-bond donors (Lipinski definition) is 0. The van der Waals surface area contributed by atoms with Gasteiger partial charge < -0.3 is 4.90 Å². The number of anilines is 1. The second-order valence-electron chi connectivity index (χ2n) is 6.78. The average molecular weight is 320 g/mol. The standard InChI is InChI=1S/C21H26N3/c1-16-12-17(2)21(18(3)13-16)14-23-10-11-24(15-23)20-8-6-19(7-9-20)22(4)5/h6-13,15H,14H2,1-5H3/q+1. The SMILES string of the molecule is Cc1cc(C)c(C[n+]2ccn(-c3ccc(N(C)C)cc3)c2)c(C)c1. The lowest BCUT2D eigenvalue weighted by molar-refractivity contribution is -0.687. The normalized spacial score (nSPS) is 10.9. The Hall–Kier alpha value is -2.55. The molecule has 0 aliphatic heterocycles. The van der Waals surface area contributed by atoms with E-state index in [0.29, 0.717) is 0 Å². The largest absolute Gasteiger partial charge is 0.378 e. The van der Waals surface area contributed by atoms with E-state index in [0.717, 1.165) is 6.54 Å². The number of imidazole rings is 1. The van der Waals surface area contributed by atoms with E-state index in [1.165, 1.54) is 33.6 Å². The number of benzene rings is 2. The molecule has 2 aromatic carbocycles. The van der Waals surface area contributed by atoms with Crippen LogP contribution < -0.4 is 9.47 Å². The van der Waals surface area contributed by atoms with Crippen LogP contribution in [0, 0.1) is 20.8 Å². The smallest absolute Gasteiger partial charge is 0.249 e. The fourth-order valence-corrected chi connectivity index (χ4v) is 3.21.